The highest BCUT2D eigenvalue weighted by Crippen LogP contribution is 2.31. The summed E-state index contributed by atoms with van der Waals surface area (Å²) in [4.78, 5) is 37.4. The average molecular weight is 458 g/mol. The van der Waals surface area contributed by atoms with E-state index in [4.69, 9.17) is 5.26 Å². The highest BCUT2D eigenvalue weighted by atomic mass is 19.3. The average Bonchev–Trinajstić information content (AvgIpc) is 3.30. The van der Waals surface area contributed by atoms with Crippen molar-refractivity contribution in [1.29, 1.82) is 5.26 Å². The number of carbonyl (C=O) groups excluding carboxylic acids is 3. The molecule has 3 amide bonds. The van der Waals surface area contributed by atoms with Crippen LogP contribution in [0.4, 0.5) is 8.78 Å². The van der Waals surface area contributed by atoms with Crippen molar-refractivity contribution < 1.29 is 23.2 Å². The SMILES string of the molecule is CCNC(=O)c1ccc(Cn2cc(C(=O)NCC(=O)N3CC(F)(F)C[C@H]3C#N)c(C)n2)cc1. The third kappa shape index (κ3) is 5.71. The van der Waals surface area contributed by atoms with Crippen LogP contribution in [0.5, 0.6) is 0 Å². The predicted molar refractivity (Wildman–Crippen MR) is 114 cm³/mol. The highest BCUT2D eigenvalue weighted by molar-refractivity contribution is 5.97. The summed E-state index contributed by atoms with van der Waals surface area (Å²) in [6.07, 6.45) is 0.814. The van der Waals surface area contributed by atoms with Gasteiger partial charge in [0.05, 0.1) is 37.0 Å². The lowest BCUT2D eigenvalue weighted by molar-refractivity contribution is -0.131. The first-order valence-electron chi connectivity index (χ1n) is 10.4. The van der Waals surface area contributed by atoms with Gasteiger partial charge in [-0.15, -0.1) is 0 Å². The van der Waals surface area contributed by atoms with Gasteiger partial charge in [0, 0.05) is 24.7 Å². The van der Waals surface area contributed by atoms with Crippen LogP contribution >= 0.6 is 0 Å². The van der Waals surface area contributed by atoms with Gasteiger partial charge in [0.25, 0.3) is 17.7 Å². The molecule has 0 radical (unpaired) electrons. The number of rotatable bonds is 7. The largest absolute Gasteiger partial charge is 0.352 e. The second-order valence-corrected chi connectivity index (χ2v) is 7.79. The van der Waals surface area contributed by atoms with Crippen molar-refractivity contribution >= 4 is 17.7 Å². The van der Waals surface area contributed by atoms with Gasteiger partial charge in [-0.1, -0.05) is 12.1 Å². The number of aromatic nitrogens is 2. The van der Waals surface area contributed by atoms with Crippen LogP contribution in [-0.2, 0) is 11.3 Å². The Morgan fingerprint density at radius 3 is 2.55 bits per heavy atom. The Kier molecular flexibility index (Phi) is 7.06. The number of alkyl halides is 2. The van der Waals surface area contributed by atoms with Gasteiger partial charge in [0.2, 0.25) is 5.91 Å². The standard InChI is InChI=1S/C22H24F2N6O3/c1-3-26-20(32)16-6-4-15(5-7-16)11-29-12-18(14(2)28-29)21(33)27-10-19(31)30-13-22(23,24)8-17(30)9-25/h4-7,12,17H,3,8,10-11,13H2,1-2H3,(H,26,32)(H,27,33)/t17-/m0/s1. The fourth-order valence-electron chi connectivity index (χ4n) is 3.58. The number of likely N-dealkylation sites (tertiary alicyclic amines) is 1. The number of halogens is 2. The van der Waals surface area contributed by atoms with Gasteiger partial charge < -0.3 is 15.5 Å². The predicted octanol–water partition coefficient (Wildman–Crippen LogP) is 1.48. The number of nitriles is 1. The summed E-state index contributed by atoms with van der Waals surface area (Å²) < 4.78 is 28.6. The summed E-state index contributed by atoms with van der Waals surface area (Å²) in [5.74, 6) is -4.59. The van der Waals surface area contributed by atoms with Gasteiger partial charge in [-0.05, 0) is 31.5 Å². The summed E-state index contributed by atoms with van der Waals surface area (Å²) in [5.41, 5.74) is 2.08. The van der Waals surface area contributed by atoms with Crippen LogP contribution in [0.1, 0.15) is 45.3 Å². The van der Waals surface area contributed by atoms with Gasteiger partial charge in [0.15, 0.2) is 0 Å². The quantitative estimate of drug-likeness (QED) is 0.651. The normalized spacial score (nSPS) is 16.8. The van der Waals surface area contributed by atoms with Gasteiger partial charge in [0.1, 0.15) is 6.04 Å². The summed E-state index contributed by atoms with van der Waals surface area (Å²) in [6.45, 7) is 3.03. The van der Waals surface area contributed by atoms with Crippen molar-refractivity contribution in [3.63, 3.8) is 0 Å². The summed E-state index contributed by atoms with van der Waals surface area (Å²) in [6, 6.07) is 7.46. The number of carbonyl (C=O) groups is 3. The number of nitrogens with one attached hydrogen (secondary N) is 2. The van der Waals surface area contributed by atoms with E-state index in [1.165, 1.54) is 6.20 Å². The maximum atomic E-state index is 13.5. The van der Waals surface area contributed by atoms with E-state index in [0.29, 0.717) is 24.3 Å². The van der Waals surface area contributed by atoms with E-state index in [9.17, 15) is 23.2 Å². The molecule has 1 aromatic heterocycles. The smallest absolute Gasteiger partial charge is 0.268 e. The van der Waals surface area contributed by atoms with Crippen molar-refractivity contribution in [3.05, 3.63) is 52.8 Å². The Morgan fingerprint density at radius 2 is 1.91 bits per heavy atom. The van der Waals surface area contributed by atoms with Crippen molar-refractivity contribution in [2.45, 2.75) is 38.8 Å². The lowest BCUT2D eigenvalue weighted by atomic mass is 10.1. The van der Waals surface area contributed by atoms with E-state index in [-0.39, 0.29) is 11.5 Å². The number of benzene rings is 1. The third-order valence-electron chi connectivity index (χ3n) is 5.23. The van der Waals surface area contributed by atoms with Gasteiger partial charge >= 0.3 is 0 Å². The number of nitrogens with zero attached hydrogens (tertiary/aromatic N) is 4. The van der Waals surface area contributed by atoms with Crippen molar-refractivity contribution in [3.8, 4) is 6.07 Å². The number of aryl methyl sites for hydroxylation is 1. The van der Waals surface area contributed by atoms with Gasteiger partial charge in [-0.2, -0.15) is 10.4 Å². The molecule has 0 aliphatic carbocycles. The molecule has 1 aliphatic heterocycles. The van der Waals surface area contributed by atoms with E-state index >= 15 is 0 Å². The molecular weight excluding hydrogens is 434 g/mol. The zero-order valence-corrected chi connectivity index (χ0v) is 18.3. The molecule has 2 aromatic rings. The zero-order chi connectivity index (χ0) is 24.2. The Morgan fingerprint density at radius 1 is 1.21 bits per heavy atom. The molecule has 174 valence electrons. The molecule has 0 unspecified atom stereocenters. The van der Waals surface area contributed by atoms with Crippen LogP contribution in [-0.4, -0.2) is 64.0 Å². The lowest BCUT2D eigenvalue weighted by Crippen LogP contribution is -2.43. The summed E-state index contributed by atoms with van der Waals surface area (Å²) in [5, 5.41) is 18.4. The molecule has 1 aromatic carbocycles. The molecule has 2 heterocycles. The highest BCUT2D eigenvalue weighted by Gasteiger charge is 2.47. The van der Waals surface area contributed by atoms with Crippen molar-refractivity contribution in [2.24, 2.45) is 0 Å². The van der Waals surface area contributed by atoms with E-state index in [1.807, 2.05) is 6.92 Å². The number of amides is 3. The maximum Gasteiger partial charge on any atom is 0.268 e. The Balaban J connectivity index is 1.59. The molecule has 0 saturated carbocycles. The Hall–Kier alpha value is -3.81. The van der Waals surface area contributed by atoms with Gasteiger partial charge in [-0.25, -0.2) is 8.78 Å². The molecular formula is C22H24F2N6O3. The second-order valence-electron chi connectivity index (χ2n) is 7.79. The minimum Gasteiger partial charge on any atom is -0.352 e. The van der Waals surface area contributed by atoms with Crippen LogP contribution < -0.4 is 10.6 Å². The Bertz CT molecular complexity index is 1090. The Labute approximate surface area is 189 Å². The van der Waals surface area contributed by atoms with Crippen LogP contribution in [0, 0.1) is 18.3 Å². The fraction of sp³-hybridized carbons (Fsp3) is 0.409. The molecule has 1 atom stereocenters. The fourth-order valence-corrected chi connectivity index (χ4v) is 3.58. The number of hydrogen-bond acceptors (Lipinski definition) is 5. The molecule has 1 fully saturated rings. The van der Waals surface area contributed by atoms with E-state index in [1.54, 1.807) is 41.9 Å². The van der Waals surface area contributed by atoms with E-state index in [0.717, 1.165) is 10.5 Å². The van der Waals surface area contributed by atoms with Crippen LogP contribution in [0.25, 0.3) is 0 Å². The first kappa shape index (κ1) is 23.8. The topological polar surface area (TPSA) is 120 Å². The van der Waals surface area contributed by atoms with Crippen molar-refractivity contribution in [1.82, 2.24) is 25.3 Å². The minimum absolute atomic E-state index is 0.161. The van der Waals surface area contributed by atoms with Crippen LogP contribution in [0.2, 0.25) is 0 Å². The van der Waals surface area contributed by atoms with E-state index in [2.05, 4.69) is 15.7 Å². The first-order valence-corrected chi connectivity index (χ1v) is 10.4. The molecule has 9 nitrogen and oxygen atoms in total. The molecule has 0 bridgehead atoms. The monoisotopic (exact) mass is 458 g/mol. The number of hydrogen-bond donors (Lipinski definition) is 2. The van der Waals surface area contributed by atoms with Gasteiger partial charge in [-0.3, -0.25) is 19.1 Å². The van der Waals surface area contributed by atoms with E-state index < -0.39 is 43.3 Å². The lowest BCUT2D eigenvalue weighted by Gasteiger charge is -2.19. The minimum atomic E-state index is -3.12. The first-order chi connectivity index (χ1) is 15.6. The maximum absolute atomic E-state index is 13.5. The molecule has 1 saturated heterocycles. The summed E-state index contributed by atoms with van der Waals surface area (Å²) in [7, 11) is 0. The third-order valence-corrected chi connectivity index (χ3v) is 5.23. The summed E-state index contributed by atoms with van der Waals surface area (Å²) >= 11 is 0. The second kappa shape index (κ2) is 9.77. The van der Waals surface area contributed by atoms with Crippen LogP contribution in [0.15, 0.2) is 30.5 Å². The zero-order valence-electron chi connectivity index (χ0n) is 18.3. The van der Waals surface area contributed by atoms with Crippen molar-refractivity contribution in [2.75, 3.05) is 19.6 Å². The molecule has 33 heavy (non-hydrogen) atoms. The molecule has 1 aliphatic rings. The molecule has 2 N–H and O–H groups in total. The van der Waals surface area contributed by atoms with Crippen LogP contribution in [0.3, 0.4) is 0 Å². The molecule has 11 heteroatoms. The molecule has 0 spiro atoms. The molecule has 3 rings (SSSR count).